The average molecular weight is 795 g/mol. The molecule has 0 saturated carbocycles. The number of aromatic nitrogens is 2. The topological polar surface area (TPSA) is 219 Å². The van der Waals surface area contributed by atoms with Crippen molar-refractivity contribution in [1.82, 2.24) is 30.2 Å². The lowest BCUT2D eigenvalue weighted by Gasteiger charge is -2.28. The Bertz CT molecular complexity index is 2080. The van der Waals surface area contributed by atoms with Crippen molar-refractivity contribution in [1.29, 1.82) is 0 Å². The number of pyridine rings is 1. The van der Waals surface area contributed by atoms with Crippen LogP contribution >= 0.6 is 0 Å². The second-order valence-electron chi connectivity index (χ2n) is 13.1. The third-order valence-corrected chi connectivity index (χ3v) is 9.97. The Kier molecular flexibility index (Phi) is 14.5. The number of carboxylic acid groups (broad SMARTS) is 1. The highest BCUT2D eigenvalue weighted by molar-refractivity contribution is 7.85. The van der Waals surface area contributed by atoms with Gasteiger partial charge in [0.15, 0.2) is 0 Å². The lowest BCUT2D eigenvalue weighted by Crippen LogP contribution is -2.51. The van der Waals surface area contributed by atoms with Gasteiger partial charge in [0.25, 0.3) is 10.1 Å². The molecule has 18 heteroatoms. The molecule has 2 aromatic carbocycles. The highest BCUT2D eigenvalue weighted by atomic mass is 32.2. The SMILES string of the molecule is CN(Cc1cc2cccnc2n1CCC(=O)N[C@@H](CS(=O)(=O)O)C(=O)NCCOCCOCCC(=O)O)N(C)C(=O)OCC1c2ccccc2-c2ccccc21. The van der Waals surface area contributed by atoms with Crippen molar-refractivity contribution in [2.24, 2.45) is 0 Å². The van der Waals surface area contributed by atoms with Gasteiger partial charge in [-0.1, -0.05) is 48.5 Å². The van der Waals surface area contributed by atoms with Gasteiger partial charge in [-0.2, -0.15) is 8.42 Å². The Morgan fingerprint density at radius 1 is 0.911 bits per heavy atom. The number of carbonyl (C=O) groups excluding carboxylic acids is 3. The Morgan fingerprint density at radius 3 is 2.23 bits per heavy atom. The standard InChI is InChI=1S/C38H46N6O11S/c1-42(43(2)38(49)55-24-32-30-11-5-3-9-28(30)29-10-4-6-12-31(29)32)23-27-22-26-8-7-15-39-36(26)44(27)17-13-34(45)41-33(25-56(50,51)52)37(48)40-16-19-54-21-20-53-18-14-35(46)47/h3-12,15,22,32-33H,13-14,16-21,23-25H2,1-2H3,(H,40,48)(H,41,45)(H,46,47)(H,50,51,52)/t33-/m0/s1. The van der Waals surface area contributed by atoms with Gasteiger partial charge in [0.2, 0.25) is 11.8 Å². The van der Waals surface area contributed by atoms with Crippen LogP contribution in [0.3, 0.4) is 0 Å². The molecule has 0 aliphatic heterocycles. The molecule has 2 heterocycles. The Balaban J connectivity index is 1.15. The van der Waals surface area contributed by atoms with E-state index in [4.69, 9.17) is 19.3 Å². The zero-order valence-corrected chi connectivity index (χ0v) is 31.9. The van der Waals surface area contributed by atoms with E-state index in [9.17, 15) is 32.1 Å². The van der Waals surface area contributed by atoms with E-state index in [2.05, 4.69) is 27.8 Å². The number of amides is 3. The molecule has 17 nitrogen and oxygen atoms in total. The highest BCUT2D eigenvalue weighted by Gasteiger charge is 2.30. The summed E-state index contributed by atoms with van der Waals surface area (Å²) >= 11 is 0. The lowest BCUT2D eigenvalue weighted by atomic mass is 9.98. The highest BCUT2D eigenvalue weighted by Crippen LogP contribution is 2.44. The van der Waals surface area contributed by atoms with Gasteiger partial charge >= 0.3 is 12.1 Å². The van der Waals surface area contributed by atoms with Crippen molar-refractivity contribution in [3.8, 4) is 11.1 Å². The molecule has 2 aromatic heterocycles. The molecule has 56 heavy (non-hydrogen) atoms. The largest absolute Gasteiger partial charge is 0.481 e. The summed E-state index contributed by atoms with van der Waals surface area (Å²) in [6, 6.07) is 20.1. The van der Waals surface area contributed by atoms with Crippen LogP contribution in [0.2, 0.25) is 0 Å². The van der Waals surface area contributed by atoms with Crippen LogP contribution < -0.4 is 10.6 Å². The van der Waals surface area contributed by atoms with E-state index >= 15 is 0 Å². The first-order chi connectivity index (χ1) is 26.8. The van der Waals surface area contributed by atoms with Crippen LogP contribution in [0.1, 0.15) is 35.6 Å². The fourth-order valence-electron chi connectivity index (χ4n) is 6.41. The Morgan fingerprint density at radius 2 is 1.57 bits per heavy atom. The summed E-state index contributed by atoms with van der Waals surface area (Å²) < 4.78 is 51.0. The van der Waals surface area contributed by atoms with Crippen LogP contribution in [-0.4, -0.2) is 127 Å². The van der Waals surface area contributed by atoms with E-state index < -0.39 is 45.8 Å². The second-order valence-corrected chi connectivity index (χ2v) is 14.6. The predicted molar refractivity (Wildman–Crippen MR) is 204 cm³/mol. The van der Waals surface area contributed by atoms with E-state index in [1.165, 1.54) is 5.01 Å². The molecule has 1 atom stereocenters. The minimum atomic E-state index is -4.65. The number of ether oxygens (including phenoxy) is 3. The van der Waals surface area contributed by atoms with E-state index in [1.807, 2.05) is 48.5 Å². The van der Waals surface area contributed by atoms with Gasteiger partial charge in [-0.05, 0) is 40.5 Å². The summed E-state index contributed by atoms with van der Waals surface area (Å²) in [5.74, 6) is -3.63. The number of nitrogens with zero attached hydrogens (tertiary/aromatic N) is 4. The number of nitrogens with one attached hydrogen (secondary N) is 2. The maximum absolute atomic E-state index is 13.3. The molecule has 0 unspecified atom stereocenters. The number of rotatable bonds is 21. The smallest absolute Gasteiger partial charge is 0.424 e. The van der Waals surface area contributed by atoms with E-state index in [0.29, 0.717) is 11.3 Å². The van der Waals surface area contributed by atoms with Crippen LogP contribution in [0.15, 0.2) is 72.9 Å². The molecule has 4 aromatic rings. The van der Waals surface area contributed by atoms with E-state index in [0.717, 1.165) is 27.6 Å². The minimum Gasteiger partial charge on any atom is -0.481 e. The summed E-state index contributed by atoms with van der Waals surface area (Å²) in [5.41, 5.74) is 5.74. The number of hydrazine groups is 1. The van der Waals surface area contributed by atoms with Crippen LogP contribution in [0, 0.1) is 0 Å². The first kappa shape index (κ1) is 41.8. The molecule has 300 valence electrons. The van der Waals surface area contributed by atoms with Gasteiger partial charge in [0.05, 0.1) is 39.4 Å². The predicted octanol–water partition coefficient (Wildman–Crippen LogP) is 2.65. The summed E-state index contributed by atoms with van der Waals surface area (Å²) in [6.45, 7) is 0.770. The minimum absolute atomic E-state index is 0.0297. The molecular formula is C38H46N6O11S. The zero-order valence-electron chi connectivity index (χ0n) is 31.1. The fraction of sp³-hybridized carbons (Fsp3) is 0.395. The average Bonchev–Trinajstić information content (AvgIpc) is 3.68. The number of aliphatic carboxylic acids is 1. The fourth-order valence-corrected chi connectivity index (χ4v) is 7.07. The number of fused-ring (bicyclic) bond motifs is 4. The molecule has 0 fully saturated rings. The molecule has 4 N–H and O–H groups in total. The van der Waals surface area contributed by atoms with E-state index in [1.54, 1.807) is 35.9 Å². The number of hydrogen-bond donors (Lipinski definition) is 4. The molecular weight excluding hydrogens is 749 g/mol. The number of hydrogen-bond acceptors (Lipinski definition) is 11. The van der Waals surface area contributed by atoms with E-state index in [-0.39, 0.29) is 71.4 Å². The number of aryl methyl sites for hydroxylation is 1. The van der Waals surface area contributed by atoms with Gasteiger partial charge in [-0.3, -0.25) is 18.9 Å². The maximum Gasteiger partial charge on any atom is 0.424 e. The Labute approximate surface area is 324 Å². The maximum atomic E-state index is 13.3. The summed E-state index contributed by atoms with van der Waals surface area (Å²) in [6.07, 6.45) is 0.737. The first-order valence-corrected chi connectivity index (χ1v) is 19.6. The van der Waals surface area contributed by atoms with Crippen LogP contribution in [0.5, 0.6) is 0 Å². The van der Waals surface area contributed by atoms with Crippen LogP contribution in [-0.2, 0) is 51.8 Å². The summed E-state index contributed by atoms with van der Waals surface area (Å²) in [4.78, 5) is 54.3. The van der Waals surface area contributed by atoms with Gasteiger partial charge in [-0.15, -0.1) is 0 Å². The number of carbonyl (C=O) groups is 4. The van der Waals surface area contributed by atoms with Crippen molar-refractivity contribution in [3.05, 3.63) is 89.7 Å². The first-order valence-electron chi connectivity index (χ1n) is 17.9. The molecule has 1 aliphatic carbocycles. The zero-order chi connectivity index (χ0) is 40.2. The van der Waals surface area contributed by atoms with Gasteiger partial charge in [0, 0.05) is 56.8 Å². The molecule has 0 radical (unpaired) electrons. The van der Waals surface area contributed by atoms with Crippen molar-refractivity contribution in [2.75, 3.05) is 59.4 Å². The quantitative estimate of drug-likeness (QED) is 0.0543. The third-order valence-electron chi connectivity index (χ3n) is 9.21. The molecule has 1 aliphatic rings. The molecule has 0 spiro atoms. The molecule has 3 amide bonds. The van der Waals surface area contributed by atoms with Crippen molar-refractivity contribution >= 4 is 45.0 Å². The monoisotopic (exact) mass is 794 g/mol. The second kappa shape index (κ2) is 19.5. The normalized spacial score (nSPS) is 12.9. The van der Waals surface area contributed by atoms with Crippen LogP contribution in [0.4, 0.5) is 4.79 Å². The van der Waals surface area contributed by atoms with Crippen molar-refractivity contribution in [3.63, 3.8) is 0 Å². The van der Waals surface area contributed by atoms with Gasteiger partial charge in [-0.25, -0.2) is 19.8 Å². The number of benzene rings is 2. The number of carboxylic acids is 1. The molecule has 5 rings (SSSR count). The third kappa shape index (κ3) is 11.3. The summed E-state index contributed by atoms with van der Waals surface area (Å²) in [5, 5.41) is 17.3. The van der Waals surface area contributed by atoms with Gasteiger partial charge < -0.3 is 34.5 Å². The van der Waals surface area contributed by atoms with Crippen molar-refractivity contribution < 1.29 is 51.5 Å². The summed E-state index contributed by atoms with van der Waals surface area (Å²) in [7, 11) is -1.33. The van der Waals surface area contributed by atoms with Gasteiger partial charge in [0.1, 0.15) is 24.0 Å². The lowest BCUT2D eigenvalue weighted by molar-refractivity contribution is -0.138. The molecule has 0 saturated heterocycles. The van der Waals surface area contributed by atoms with Crippen LogP contribution in [0.25, 0.3) is 22.2 Å². The molecule has 0 bridgehead atoms. The Hall–Kier alpha value is -5.40. The van der Waals surface area contributed by atoms with Crippen molar-refractivity contribution in [2.45, 2.75) is 37.9 Å².